The fraction of sp³-hybridized carbons (Fsp3) is 0.333. The summed E-state index contributed by atoms with van der Waals surface area (Å²) in [6.45, 7) is 5.38. The normalized spacial score (nSPS) is 12.0. The summed E-state index contributed by atoms with van der Waals surface area (Å²) in [6, 6.07) is 8.23. The van der Waals surface area contributed by atoms with E-state index in [0.717, 1.165) is 0 Å². The third-order valence-electron chi connectivity index (χ3n) is 3.56. The van der Waals surface area contributed by atoms with Gasteiger partial charge in [0.1, 0.15) is 22.8 Å². The van der Waals surface area contributed by atoms with E-state index in [1.807, 2.05) is 13.8 Å². The van der Waals surface area contributed by atoms with E-state index < -0.39 is 12.1 Å². The molecule has 0 saturated carbocycles. The van der Waals surface area contributed by atoms with E-state index in [9.17, 15) is 9.59 Å². The molecule has 0 spiro atoms. The van der Waals surface area contributed by atoms with Gasteiger partial charge in [-0.25, -0.2) is 4.79 Å². The first-order valence-electron chi connectivity index (χ1n) is 7.80. The summed E-state index contributed by atoms with van der Waals surface area (Å²) in [7, 11) is 0. The molecule has 0 radical (unpaired) electrons. The molecule has 6 nitrogen and oxygen atoms in total. The average Bonchev–Trinajstić information content (AvgIpc) is 2.91. The third-order valence-corrected chi connectivity index (χ3v) is 3.79. The second-order valence-electron chi connectivity index (χ2n) is 5.95. The minimum Gasteiger partial charge on any atom is -0.480 e. The van der Waals surface area contributed by atoms with E-state index in [2.05, 4.69) is 5.32 Å². The van der Waals surface area contributed by atoms with Gasteiger partial charge in [-0.1, -0.05) is 31.5 Å². The van der Waals surface area contributed by atoms with E-state index in [1.54, 1.807) is 31.2 Å². The molecule has 0 aliphatic heterocycles. The lowest BCUT2D eigenvalue weighted by Gasteiger charge is -2.21. The summed E-state index contributed by atoms with van der Waals surface area (Å²) in [5, 5.41) is 12.3. The Kier molecular flexibility index (Phi) is 6.09. The van der Waals surface area contributed by atoms with Crippen molar-refractivity contribution < 1.29 is 23.8 Å². The van der Waals surface area contributed by atoms with Crippen LogP contribution in [0.4, 0.5) is 0 Å². The van der Waals surface area contributed by atoms with Gasteiger partial charge in [-0.15, -0.1) is 0 Å². The molecular formula is C18H20ClNO5. The number of aryl methyl sites for hydroxylation is 1. The number of benzene rings is 1. The highest BCUT2D eigenvalue weighted by Gasteiger charge is 2.25. The van der Waals surface area contributed by atoms with E-state index in [-0.39, 0.29) is 23.9 Å². The number of hydrogen-bond acceptors (Lipinski definition) is 4. The van der Waals surface area contributed by atoms with Gasteiger partial charge in [0.25, 0.3) is 5.91 Å². The quantitative estimate of drug-likeness (QED) is 0.781. The van der Waals surface area contributed by atoms with Crippen molar-refractivity contribution in [2.75, 3.05) is 0 Å². The molecule has 1 aromatic heterocycles. The smallest absolute Gasteiger partial charge is 0.339 e. The summed E-state index contributed by atoms with van der Waals surface area (Å²) < 4.78 is 11.1. The van der Waals surface area contributed by atoms with Crippen molar-refractivity contribution in [3.05, 3.63) is 52.4 Å². The Morgan fingerprint density at radius 2 is 2.04 bits per heavy atom. The van der Waals surface area contributed by atoms with Crippen LogP contribution < -0.4 is 10.1 Å². The molecule has 1 atom stereocenters. The fourth-order valence-electron chi connectivity index (χ4n) is 2.30. The van der Waals surface area contributed by atoms with Crippen molar-refractivity contribution in [3.8, 4) is 5.75 Å². The zero-order valence-electron chi connectivity index (χ0n) is 14.2. The Balaban J connectivity index is 2.03. The van der Waals surface area contributed by atoms with Crippen LogP contribution in [0.2, 0.25) is 5.02 Å². The molecule has 0 saturated heterocycles. The zero-order valence-corrected chi connectivity index (χ0v) is 15.0. The number of halogens is 1. The number of carboxylic acid groups (broad SMARTS) is 1. The van der Waals surface area contributed by atoms with E-state index in [0.29, 0.717) is 22.3 Å². The maximum absolute atomic E-state index is 12.4. The van der Waals surface area contributed by atoms with Crippen LogP contribution in [-0.4, -0.2) is 23.1 Å². The van der Waals surface area contributed by atoms with Crippen LogP contribution in [0.1, 0.15) is 35.7 Å². The van der Waals surface area contributed by atoms with E-state index >= 15 is 0 Å². The molecular weight excluding hydrogens is 346 g/mol. The van der Waals surface area contributed by atoms with Gasteiger partial charge in [0, 0.05) is 5.02 Å². The highest BCUT2D eigenvalue weighted by atomic mass is 35.5. The summed E-state index contributed by atoms with van der Waals surface area (Å²) in [5.41, 5.74) is 0.0832. The molecule has 0 fully saturated rings. The fourth-order valence-corrected chi connectivity index (χ4v) is 2.48. The van der Waals surface area contributed by atoms with Crippen molar-refractivity contribution in [2.45, 2.75) is 33.4 Å². The van der Waals surface area contributed by atoms with Gasteiger partial charge >= 0.3 is 5.97 Å². The number of hydrogen-bond donors (Lipinski definition) is 2. The number of carbonyl (C=O) groups excluding carboxylic acids is 1. The van der Waals surface area contributed by atoms with Crippen molar-refractivity contribution >= 4 is 23.5 Å². The van der Waals surface area contributed by atoms with Gasteiger partial charge in [0.15, 0.2) is 6.10 Å². The Bertz CT molecular complexity index is 769. The third kappa shape index (κ3) is 5.00. The molecule has 1 aromatic carbocycles. The minimum absolute atomic E-state index is 0.0769. The molecule has 0 aliphatic rings. The van der Waals surface area contributed by atoms with Crippen LogP contribution in [-0.2, 0) is 11.3 Å². The number of rotatable bonds is 7. The Morgan fingerprint density at radius 1 is 1.32 bits per heavy atom. The molecule has 7 heteroatoms. The molecule has 1 unspecified atom stereocenters. The molecule has 0 bridgehead atoms. The monoisotopic (exact) mass is 365 g/mol. The topological polar surface area (TPSA) is 88.8 Å². The molecule has 1 amide bonds. The minimum atomic E-state index is -1.07. The number of ether oxygens (including phenoxy) is 1. The maximum Gasteiger partial charge on any atom is 0.339 e. The van der Waals surface area contributed by atoms with Crippen molar-refractivity contribution in [2.24, 2.45) is 5.92 Å². The summed E-state index contributed by atoms with van der Waals surface area (Å²) in [4.78, 5) is 23.5. The van der Waals surface area contributed by atoms with Gasteiger partial charge < -0.3 is 19.6 Å². The Hall–Kier alpha value is -2.47. The Morgan fingerprint density at radius 3 is 2.60 bits per heavy atom. The average molecular weight is 366 g/mol. The van der Waals surface area contributed by atoms with E-state index in [1.165, 1.54) is 6.07 Å². The number of carboxylic acids is 1. The number of furan rings is 1. The van der Waals surface area contributed by atoms with Gasteiger partial charge in [-0.2, -0.15) is 0 Å². The maximum atomic E-state index is 12.4. The predicted octanol–water partition coefficient (Wildman–Crippen LogP) is 3.66. The van der Waals surface area contributed by atoms with Crippen molar-refractivity contribution in [1.29, 1.82) is 0 Å². The summed E-state index contributed by atoms with van der Waals surface area (Å²) in [6.07, 6.45) is -0.714. The number of nitrogens with one attached hydrogen (secondary N) is 1. The lowest BCUT2D eigenvalue weighted by molar-refractivity contribution is -0.130. The first kappa shape index (κ1) is 18.9. The molecule has 2 rings (SSSR count). The van der Waals surface area contributed by atoms with Gasteiger partial charge in [0.2, 0.25) is 0 Å². The molecule has 134 valence electrons. The molecule has 2 N–H and O–H groups in total. The highest BCUT2D eigenvalue weighted by molar-refractivity contribution is 6.30. The van der Waals surface area contributed by atoms with Gasteiger partial charge in [-0.3, -0.25) is 4.79 Å². The van der Waals surface area contributed by atoms with Crippen LogP contribution in [0, 0.1) is 12.8 Å². The molecule has 1 heterocycles. The van der Waals surface area contributed by atoms with E-state index in [4.69, 9.17) is 25.9 Å². The second-order valence-corrected chi connectivity index (χ2v) is 6.38. The first-order valence-corrected chi connectivity index (χ1v) is 8.18. The highest BCUT2D eigenvalue weighted by Crippen LogP contribution is 2.21. The molecule has 2 aromatic rings. The Labute approximate surface area is 150 Å². The zero-order chi connectivity index (χ0) is 18.6. The predicted molar refractivity (Wildman–Crippen MR) is 93.0 cm³/mol. The largest absolute Gasteiger partial charge is 0.480 e. The number of carbonyl (C=O) groups is 2. The van der Waals surface area contributed by atoms with Crippen molar-refractivity contribution in [3.63, 3.8) is 0 Å². The van der Waals surface area contributed by atoms with Crippen LogP contribution in [0.15, 0.2) is 34.7 Å². The summed E-state index contributed by atoms with van der Waals surface area (Å²) in [5.74, 6) is -0.291. The van der Waals surface area contributed by atoms with Crippen LogP contribution >= 0.6 is 11.6 Å². The van der Waals surface area contributed by atoms with Gasteiger partial charge in [-0.05, 0) is 37.1 Å². The molecule has 0 aliphatic carbocycles. The standard InChI is InChI=1S/C18H20ClNO5/c1-10(2)16(25-13-6-4-5-12(19)7-13)17(21)20-9-14-8-15(18(22)23)11(3)24-14/h4-8,10,16H,9H2,1-3H3,(H,20,21)(H,22,23). The summed E-state index contributed by atoms with van der Waals surface area (Å²) >= 11 is 5.93. The molecule has 25 heavy (non-hydrogen) atoms. The van der Waals surface area contributed by atoms with Gasteiger partial charge in [0.05, 0.1) is 6.54 Å². The van der Waals surface area contributed by atoms with Crippen LogP contribution in [0.3, 0.4) is 0 Å². The van der Waals surface area contributed by atoms with Crippen molar-refractivity contribution in [1.82, 2.24) is 5.32 Å². The second kappa shape index (κ2) is 8.07. The number of aromatic carboxylic acids is 1. The first-order chi connectivity index (χ1) is 11.8. The SMILES string of the molecule is Cc1oc(CNC(=O)C(Oc2cccc(Cl)c2)C(C)C)cc1C(=O)O. The lowest BCUT2D eigenvalue weighted by Crippen LogP contribution is -2.41. The van der Waals surface area contributed by atoms with Crippen LogP contribution in [0.5, 0.6) is 5.75 Å². The lowest BCUT2D eigenvalue weighted by atomic mass is 10.1. The number of amides is 1. The van der Waals surface area contributed by atoms with Crippen LogP contribution in [0.25, 0.3) is 0 Å².